The van der Waals surface area contributed by atoms with Gasteiger partial charge in [0.2, 0.25) is 11.8 Å². The highest BCUT2D eigenvalue weighted by Gasteiger charge is 2.25. The van der Waals surface area contributed by atoms with Gasteiger partial charge in [-0.05, 0) is 24.5 Å². The van der Waals surface area contributed by atoms with Crippen LogP contribution >= 0.6 is 11.8 Å². The second kappa shape index (κ2) is 7.25. The molecule has 2 saturated heterocycles. The highest BCUT2D eigenvalue weighted by Crippen LogP contribution is 2.25. The number of para-hydroxylation sites is 1. The predicted molar refractivity (Wildman–Crippen MR) is 93.4 cm³/mol. The molecule has 0 radical (unpaired) electrons. The molecule has 1 aromatic carbocycles. The Balaban J connectivity index is 1.64. The molecule has 5 nitrogen and oxygen atoms in total. The summed E-state index contributed by atoms with van der Waals surface area (Å²) in [5.74, 6) is 1.18. The second-order valence-corrected chi connectivity index (χ2v) is 7.10. The summed E-state index contributed by atoms with van der Waals surface area (Å²) in [4.78, 5) is 29.8. The quantitative estimate of drug-likeness (QED) is 0.824. The van der Waals surface area contributed by atoms with Gasteiger partial charge in [-0.25, -0.2) is 0 Å². The van der Waals surface area contributed by atoms with Gasteiger partial charge in [0.05, 0.1) is 11.6 Å². The molecular formula is C17H23N3O2S. The number of carbonyl (C=O) groups is 2. The maximum Gasteiger partial charge on any atom is 0.242 e. The number of hydrogen-bond donors (Lipinski definition) is 0. The number of anilines is 1. The van der Waals surface area contributed by atoms with E-state index < -0.39 is 0 Å². The van der Waals surface area contributed by atoms with Crippen LogP contribution in [0, 0.1) is 0 Å². The van der Waals surface area contributed by atoms with E-state index in [1.54, 1.807) is 21.6 Å². The number of rotatable bonds is 5. The van der Waals surface area contributed by atoms with Crippen molar-refractivity contribution in [1.82, 2.24) is 9.80 Å². The zero-order valence-electron chi connectivity index (χ0n) is 13.5. The average Bonchev–Trinajstić information content (AvgIpc) is 3.20. The van der Waals surface area contributed by atoms with Crippen molar-refractivity contribution in [2.24, 2.45) is 0 Å². The Morgan fingerprint density at radius 1 is 1.26 bits per heavy atom. The minimum Gasteiger partial charge on any atom is -0.371 e. The molecule has 124 valence electrons. The van der Waals surface area contributed by atoms with E-state index in [0.29, 0.717) is 18.2 Å². The van der Waals surface area contributed by atoms with Gasteiger partial charge in [-0.3, -0.25) is 9.59 Å². The number of benzene rings is 1. The number of amides is 2. The molecule has 2 amide bonds. The normalized spacial score (nSPS) is 17.9. The Labute approximate surface area is 141 Å². The van der Waals surface area contributed by atoms with Crippen LogP contribution in [0.5, 0.6) is 0 Å². The Hall–Kier alpha value is -1.69. The minimum atomic E-state index is -0.00271. The molecule has 0 spiro atoms. The highest BCUT2D eigenvalue weighted by atomic mass is 32.2. The largest absolute Gasteiger partial charge is 0.371 e. The molecule has 23 heavy (non-hydrogen) atoms. The molecule has 6 heteroatoms. The third-order valence-corrected chi connectivity index (χ3v) is 5.37. The molecule has 0 aromatic heterocycles. The summed E-state index contributed by atoms with van der Waals surface area (Å²) in [5, 5.41) is 0. The minimum absolute atomic E-state index is 0.00271. The number of nitrogens with zero attached hydrogens (tertiary/aromatic N) is 3. The monoisotopic (exact) mass is 333 g/mol. The van der Waals surface area contributed by atoms with Gasteiger partial charge in [0.25, 0.3) is 0 Å². The maximum absolute atomic E-state index is 12.4. The summed E-state index contributed by atoms with van der Waals surface area (Å²) in [7, 11) is 1.82. The Kier molecular flexibility index (Phi) is 5.10. The van der Waals surface area contributed by atoms with Crippen LogP contribution in [0.15, 0.2) is 24.3 Å². The first-order chi connectivity index (χ1) is 11.1. The van der Waals surface area contributed by atoms with Gasteiger partial charge < -0.3 is 14.7 Å². The summed E-state index contributed by atoms with van der Waals surface area (Å²) < 4.78 is 0. The second-order valence-electron chi connectivity index (χ2n) is 6.14. The van der Waals surface area contributed by atoms with Gasteiger partial charge in [0, 0.05) is 32.4 Å². The zero-order chi connectivity index (χ0) is 16.2. The van der Waals surface area contributed by atoms with Crippen molar-refractivity contribution in [3.05, 3.63) is 29.8 Å². The fourth-order valence-electron chi connectivity index (χ4n) is 3.08. The van der Waals surface area contributed by atoms with E-state index >= 15 is 0 Å². The summed E-state index contributed by atoms with van der Waals surface area (Å²) in [5.41, 5.74) is 2.41. The maximum atomic E-state index is 12.4. The van der Waals surface area contributed by atoms with Crippen molar-refractivity contribution < 1.29 is 9.59 Å². The molecule has 0 unspecified atom stereocenters. The van der Waals surface area contributed by atoms with E-state index in [2.05, 4.69) is 23.1 Å². The predicted octanol–water partition coefficient (Wildman–Crippen LogP) is 1.78. The fraction of sp³-hybridized carbons (Fsp3) is 0.529. The van der Waals surface area contributed by atoms with Gasteiger partial charge in [0.15, 0.2) is 0 Å². The van der Waals surface area contributed by atoms with Crippen molar-refractivity contribution in [3.8, 4) is 0 Å². The Bertz CT molecular complexity index is 587. The molecule has 2 aliphatic rings. The lowest BCUT2D eigenvalue weighted by atomic mass is 10.1. The lowest BCUT2D eigenvalue weighted by molar-refractivity contribution is -0.137. The van der Waals surface area contributed by atoms with Crippen LogP contribution in [0.3, 0.4) is 0 Å². The SMILES string of the molecule is CN(Cc1ccccc1N1CCCC1)C(=O)CN1CSCC1=O. The van der Waals surface area contributed by atoms with Crippen molar-refractivity contribution >= 4 is 29.3 Å². The molecule has 0 bridgehead atoms. The van der Waals surface area contributed by atoms with Crippen LogP contribution in [0.1, 0.15) is 18.4 Å². The van der Waals surface area contributed by atoms with Gasteiger partial charge in [-0.2, -0.15) is 0 Å². The number of thioether (sulfide) groups is 1. The van der Waals surface area contributed by atoms with Gasteiger partial charge in [-0.1, -0.05) is 18.2 Å². The number of carbonyl (C=O) groups excluding carboxylic acids is 2. The summed E-state index contributed by atoms with van der Waals surface area (Å²) in [6.45, 7) is 2.96. The molecule has 0 aliphatic carbocycles. The van der Waals surface area contributed by atoms with E-state index in [4.69, 9.17) is 0 Å². The third kappa shape index (κ3) is 3.80. The molecule has 0 saturated carbocycles. The van der Waals surface area contributed by atoms with Crippen LogP contribution < -0.4 is 4.90 Å². The van der Waals surface area contributed by atoms with Gasteiger partial charge in [-0.15, -0.1) is 11.8 Å². The van der Waals surface area contributed by atoms with Crippen molar-refractivity contribution in [3.63, 3.8) is 0 Å². The van der Waals surface area contributed by atoms with Crippen molar-refractivity contribution in [2.75, 3.05) is 43.2 Å². The molecule has 1 aromatic rings. The third-order valence-electron chi connectivity index (χ3n) is 4.42. The summed E-state index contributed by atoms with van der Waals surface area (Å²) in [6.07, 6.45) is 2.47. The standard InChI is InChI=1S/C17H23N3O2S/c1-18(16(21)11-20-13-23-12-17(20)22)10-14-6-2-3-7-15(14)19-8-4-5-9-19/h2-3,6-7H,4-5,8-13H2,1H3. The highest BCUT2D eigenvalue weighted by molar-refractivity contribution is 8.00. The average molecular weight is 333 g/mol. The molecule has 2 fully saturated rings. The molecule has 3 rings (SSSR count). The lowest BCUT2D eigenvalue weighted by Crippen LogP contribution is -2.39. The Morgan fingerprint density at radius 2 is 2.00 bits per heavy atom. The zero-order valence-corrected chi connectivity index (χ0v) is 14.3. The van der Waals surface area contributed by atoms with Crippen molar-refractivity contribution in [2.45, 2.75) is 19.4 Å². The van der Waals surface area contributed by atoms with E-state index in [0.717, 1.165) is 13.1 Å². The topological polar surface area (TPSA) is 43.9 Å². The molecule has 2 aliphatic heterocycles. The van der Waals surface area contributed by atoms with E-state index in [9.17, 15) is 9.59 Å². The fourth-order valence-corrected chi connectivity index (χ4v) is 3.98. The van der Waals surface area contributed by atoms with Crippen LogP contribution in [0.4, 0.5) is 5.69 Å². The lowest BCUT2D eigenvalue weighted by Gasteiger charge is -2.25. The summed E-state index contributed by atoms with van der Waals surface area (Å²) in [6, 6.07) is 8.31. The molecular weight excluding hydrogens is 310 g/mol. The molecule has 0 atom stereocenters. The number of likely N-dealkylation sites (N-methyl/N-ethyl adjacent to an activating group) is 1. The molecule has 2 heterocycles. The molecule has 0 N–H and O–H groups in total. The Morgan fingerprint density at radius 3 is 2.70 bits per heavy atom. The van der Waals surface area contributed by atoms with Crippen LogP contribution in [-0.2, 0) is 16.1 Å². The number of hydrogen-bond acceptors (Lipinski definition) is 4. The first-order valence-corrected chi connectivity index (χ1v) is 9.23. The van der Waals surface area contributed by atoms with Gasteiger partial charge >= 0.3 is 0 Å². The van der Waals surface area contributed by atoms with Crippen LogP contribution in [0.25, 0.3) is 0 Å². The first-order valence-electron chi connectivity index (χ1n) is 8.07. The first kappa shape index (κ1) is 16.2. The van der Waals surface area contributed by atoms with E-state index in [1.165, 1.54) is 24.1 Å². The van der Waals surface area contributed by atoms with E-state index in [-0.39, 0.29) is 18.4 Å². The summed E-state index contributed by atoms with van der Waals surface area (Å²) >= 11 is 1.57. The van der Waals surface area contributed by atoms with Gasteiger partial charge in [0.1, 0.15) is 6.54 Å². The van der Waals surface area contributed by atoms with E-state index in [1.807, 2.05) is 13.1 Å². The smallest absolute Gasteiger partial charge is 0.242 e. The van der Waals surface area contributed by atoms with Crippen LogP contribution in [-0.4, -0.2) is 59.9 Å². The van der Waals surface area contributed by atoms with Crippen LogP contribution in [0.2, 0.25) is 0 Å². The van der Waals surface area contributed by atoms with Crippen molar-refractivity contribution in [1.29, 1.82) is 0 Å².